The van der Waals surface area contributed by atoms with Gasteiger partial charge in [-0.25, -0.2) is 19.3 Å². The molecule has 6 heteroatoms. The Morgan fingerprint density at radius 2 is 2.14 bits per heavy atom. The van der Waals surface area contributed by atoms with Gasteiger partial charge in [0.05, 0.1) is 12.1 Å². The van der Waals surface area contributed by atoms with E-state index in [2.05, 4.69) is 25.3 Å². The summed E-state index contributed by atoms with van der Waals surface area (Å²) in [5.41, 5.74) is 1.07. The number of imidazole rings is 1. The zero-order chi connectivity index (χ0) is 14.2. The topological polar surface area (TPSA) is 66.5 Å². The van der Waals surface area contributed by atoms with Gasteiger partial charge in [0.15, 0.2) is 5.82 Å². The van der Waals surface area contributed by atoms with Crippen LogP contribution in [-0.4, -0.2) is 19.9 Å². The average molecular weight is 283 g/mol. The molecule has 1 fully saturated rings. The molecule has 2 heterocycles. The van der Waals surface area contributed by atoms with Gasteiger partial charge in [-0.15, -0.1) is 0 Å². The maximum absolute atomic E-state index is 13.6. The molecule has 0 bridgehead atoms. The minimum atomic E-state index is -0.312. The van der Waals surface area contributed by atoms with Crippen molar-refractivity contribution in [1.29, 1.82) is 0 Å². The van der Waals surface area contributed by atoms with Gasteiger partial charge in [0.25, 0.3) is 0 Å². The van der Waals surface area contributed by atoms with Crippen molar-refractivity contribution in [3.8, 4) is 0 Å². The lowest BCUT2D eigenvalue weighted by atomic mass is 10.3. The second kappa shape index (κ2) is 4.80. The molecule has 4 rings (SSSR count). The number of aromatic amines is 1. The summed E-state index contributed by atoms with van der Waals surface area (Å²) in [4.78, 5) is 16.1. The molecule has 0 aliphatic heterocycles. The highest BCUT2D eigenvalue weighted by atomic mass is 19.1. The maximum atomic E-state index is 13.6. The third-order valence-electron chi connectivity index (χ3n) is 3.57. The predicted octanol–water partition coefficient (Wildman–Crippen LogP) is 2.98. The summed E-state index contributed by atoms with van der Waals surface area (Å²) in [7, 11) is 0. The van der Waals surface area contributed by atoms with Crippen molar-refractivity contribution in [3.05, 3.63) is 47.9 Å². The van der Waals surface area contributed by atoms with E-state index in [1.54, 1.807) is 12.3 Å². The summed E-state index contributed by atoms with van der Waals surface area (Å²) in [6.07, 6.45) is 4.11. The van der Waals surface area contributed by atoms with Gasteiger partial charge in [0.2, 0.25) is 0 Å². The zero-order valence-corrected chi connectivity index (χ0v) is 11.3. The van der Waals surface area contributed by atoms with E-state index in [-0.39, 0.29) is 5.82 Å². The Balaban J connectivity index is 1.52. The first kappa shape index (κ1) is 12.3. The molecule has 21 heavy (non-hydrogen) atoms. The number of halogens is 1. The van der Waals surface area contributed by atoms with E-state index in [0.29, 0.717) is 29.3 Å². The van der Waals surface area contributed by atoms with Gasteiger partial charge in [-0.1, -0.05) is 6.07 Å². The Morgan fingerprint density at radius 3 is 2.95 bits per heavy atom. The summed E-state index contributed by atoms with van der Waals surface area (Å²) >= 11 is 0. The summed E-state index contributed by atoms with van der Waals surface area (Å²) in [5.74, 6) is 2.56. The van der Waals surface area contributed by atoms with Crippen molar-refractivity contribution >= 4 is 16.9 Å². The number of fused-ring (bicyclic) bond motifs is 1. The SMILES string of the molecule is Fc1cccc2[nH]c(CNc3ccnc(C4CC4)n3)nc12. The normalized spacial score (nSPS) is 14.5. The highest BCUT2D eigenvalue weighted by Crippen LogP contribution is 2.38. The number of benzene rings is 1. The lowest BCUT2D eigenvalue weighted by Crippen LogP contribution is -2.04. The minimum absolute atomic E-state index is 0.312. The smallest absolute Gasteiger partial charge is 0.151 e. The molecule has 2 aromatic heterocycles. The van der Waals surface area contributed by atoms with Gasteiger partial charge in [0.1, 0.15) is 23.0 Å². The molecular weight excluding hydrogens is 269 g/mol. The number of hydrogen-bond donors (Lipinski definition) is 2. The highest BCUT2D eigenvalue weighted by Gasteiger charge is 2.26. The van der Waals surface area contributed by atoms with Crippen molar-refractivity contribution < 1.29 is 4.39 Å². The van der Waals surface area contributed by atoms with E-state index >= 15 is 0 Å². The van der Waals surface area contributed by atoms with Crippen molar-refractivity contribution in [2.24, 2.45) is 0 Å². The Kier molecular flexibility index (Phi) is 2.80. The van der Waals surface area contributed by atoms with E-state index in [4.69, 9.17) is 0 Å². The number of hydrogen-bond acceptors (Lipinski definition) is 4. The third kappa shape index (κ3) is 2.44. The van der Waals surface area contributed by atoms with Gasteiger partial charge in [-0.05, 0) is 31.0 Å². The summed E-state index contributed by atoms with van der Waals surface area (Å²) in [6.45, 7) is 0.467. The number of rotatable bonds is 4. The highest BCUT2D eigenvalue weighted by molar-refractivity contribution is 5.75. The van der Waals surface area contributed by atoms with Gasteiger partial charge < -0.3 is 10.3 Å². The first-order valence-electron chi connectivity index (χ1n) is 6.99. The molecule has 0 atom stereocenters. The molecule has 106 valence electrons. The average Bonchev–Trinajstić information content (AvgIpc) is 3.26. The van der Waals surface area contributed by atoms with Crippen LogP contribution < -0.4 is 5.32 Å². The molecule has 0 spiro atoms. The quantitative estimate of drug-likeness (QED) is 0.772. The zero-order valence-electron chi connectivity index (χ0n) is 11.3. The van der Waals surface area contributed by atoms with E-state index in [9.17, 15) is 4.39 Å². The van der Waals surface area contributed by atoms with Crippen LogP contribution in [0.25, 0.3) is 11.0 Å². The monoisotopic (exact) mass is 283 g/mol. The van der Waals surface area contributed by atoms with Crippen LogP contribution in [0.4, 0.5) is 10.2 Å². The van der Waals surface area contributed by atoms with Crippen LogP contribution in [0.1, 0.15) is 30.4 Å². The molecule has 2 N–H and O–H groups in total. The number of para-hydroxylation sites is 1. The number of nitrogens with zero attached hydrogens (tertiary/aromatic N) is 3. The summed E-state index contributed by atoms with van der Waals surface area (Å²) in [6, 6.07) is 6.71. The van der Waals surface area contributed by atoms with Crippen LogP contribution in [-0.2, 0) is 6.54 Å². The lowest BCUT2D eigenvalue weighted by molar-refractivity contribution is 0.637. The molecule has 1 aromatic carbocycles. The first-order chi connectivity index (χ1) is 10.3. The van der Waals surface area contributed by atoms with E-state index in [1.165, 1.54) is 18.9 Å². The molecule has 1 saturated carbocycles. The van der Waals surface area contributed by atoms with Crippen LogP contribution in [0, 0.1) is 5.82 Å². The Hall–Kier alpha value is -2.50. The molecule has 0 amide bonds. The Bertz CT molecular complexity index is 794. The predicted molar refractivity (Wildman–Crippen MR) is 77.4 cm³/mol. The van der Waals surface area contributed by atoms with Crippen LogP contribution in [0.15, 0.2) is 30.5 Å². The fourth-order valence-corrected chi connectivity index (χ4v) is 2.32. The molecule has 3 aromatic rings. The molecular formula is C15H14FN5. The Labute approximate surface area is 120 Å². The number of aromatic nitrogens is 4. The van der Waals surface area contributed by atoms with Crippen LogP contribution in [0.2, 0.25) is 0 Å². The van der Waals surface area contributed by atoms with Crippen LogP contribution >= 0.6 is 0 Å². The van der Waals surface area contributed by atoms with Crippen molar-refractivity contribution in [2.75, 3.05) is 5.32 Å². The van der Waals surface area contributed by atoms with Crippen LogP contribution in [0.5, 0.6) is 0 Å². The number of nitrogens with one attached hydrogen (secondary N) is 2. The molecule has 0 saturated heterocycles. The van der Waals surface area contributed by atoms with E-state index in [0.717, 1.165) is 11.6 Å². The number of anilines is 1. The summed E-state index contributed by atoms with van der Waals surface area (Å²) < 4.78 is 13.6. The molecule has 0 unspecified atom stereocenters. The lowest BCUT2D eigenvalue weighted by Gasteiger charge is -2.04. The van der Waals surface area contributed by atoms with Crippen molar-refractivity contribution in [1.82, 2.24) is 19.9 Å². The van der Waals surface area contributed by atoms with Gasteiger partial charge in [-0.2, -0.15) is 0 Å². The largest absolute Gasteiger partial charge is 0.363 e. The standard InChI is InChI=1S/C15H14FN5/c16-10-2-1-3-11-14(10)20-13(19-11)8-18-12-6-7-17-15(21-12)9-4-5-9/h1-3,6-7,9H,4-5,8H2,(H,19,20)(H,17,18,21). The van der Waals surface area contributed by atoms with Gasteiger partial charge >= 0.3 is 0 Å². The molecule has 1 aliphatic carbocycles. The number of H-pyrrole nitrogens is 1. The summed E-state index contributed by atoms with van der Waals surface area (Å²) in [5, 5.41) is 3.20. The third-order valence-corrected chi connectivity index (χ3v) is 3.57. The molecule has 5 nitrogen and oxygen atoms in total. The fraction of sp³-hybridized carbons (Fsp3) is 0.267. The van der Waals surface area contributed by atoms with Crippen LogP contribution in [0.3, 0.4) is 0 Å². The second-order valence-corrected chi connectivity index (χ2v) is 5.25. The first-order valence-corrected chi connectivity index (χ1v) is 6.99. The molecule has 0 radical (unpaired) electrons. The minimum Gasteiger partial charge on any atom is -0.363 e. The molecule has 1 aliphatic rings. The van der Waals surface area contributed by atoms with E-state index in [1.807, 2.05) is 12.1 Å². The maximum Gasteiger partial charge on any atom is 0.151 e. The van der Waals surface area contributed by atoms with Crippen molar-refractivity contribution in [2.45, 2.75) is 25.3 Å². The van der Waals surface area contributed by atoms with E-state index < -0.39 is 0 Å². The van der Waals surface area contributed by atoms with Gasteiger partial charge in [-0.3, -0.25) is 0 Å². The van der Waals surface area contributed by atoms with Gasteiger partial charge in [0, 0.05) is 12.1 Å². The second-order valence-electron chi connectivity index (χ2n) is 5.25. The van der Waals surface area contributed by atoms with Crippen molar-refractivity contribution in [3.63, 3.8) is 0 Å². The Morgan fingerprint density at radius 1 is 1.24 bits per heavy atom. The fourth-order valence-electron chi connectivity index (χ4n) is 2.32.